The molecule has 2 fully saturated rings. The average Bonchev–Trinajstić information content (AvgIpc) is 3.19. The van der Waals surface area contributed by atoms with Gasteiger partial charge in [-0.2, -0.15) is 0 Å². The molecule has 0 spiro atoms. The van der Waals surface area contributed by atoms with Gasteiger partial charge < -0.3 is 4.42 Å². The Balaban J connectivity index is 1.53. The predicted octanol–water partition coefficient (Wildman–Crippen LogP) is 1.66. The monoisotopic (exact) mass is 327 g/mol. The lowest BCUT2D eigenvalue weighted by atomic mass is 9.98. The molecule has 0 bridgehead atoms. The van der Waals surface area contributed by atoms with E-state index in [0.717, 1.165) is 44.1 Å². The van der Waals surface area contributed by atoms with Crippen molar-refractivity contribution < 1.29 is 12.8 Å². The number of hydrogen-bond donors (Lipinski definition) is 0. The van der Waals surface area contributed by atoms with E-state index in [4.69, 9.17) is 4.42 Å². The Hall–Kier alpha value is -0.920. The molecule has 0 amide bonds. The highest BCUT2D eigenvalue weighted by Crippen LogP contribution is 2.40. The molecule has 0 radical (unpaired) electrons. The van der Waals surface area contributed by atoms with Crippen LogP contribution in [0.2, 0.25) is 0 Å². The summed E-state index contributed by atoms with van der Waals surface area (Å²) in [5.74, 6) is 2.80. The van der Waals surface area contributed by atoms with E-state index in [1.807, 2.05) is 6.20 Å². The first-order valence-corrected chi connectivity index (χ1v) is 9.85. The van der Waals surface area contributed by atoms with Gasteiger partial charge in [0.2, 0.25) is 15.9 Å². The van der Waals surface area contributed by atoms with Crippen LogP contribution in [0.3, 0.4) is 0 Å². The standard InChI is InChI=1S/C15H25N3O3S/c1-17(22(2,19)20)9-12-4-3-7-18(10-12)11-15-16-8-14(21-15)13-5-6-13/h8,12-13H,3-7,9-11H2,1-2H3. The second kappa shape index (κ2) is 6.29. The van der Waals surface area contributed by atoms with Gasteiger partial charge in [0, 0.05) is 26.1 Å². The van der Waals surface area contributed by atoms with Crippen LogP contribution in [-0.4, -0.2) is 55.5 Å². The Kier molecular flexibility index (Phi) is 4.56. The van der Waals surface area contributed by atoms with Crippen LogP contribution in [0, 0.1) is 5.92 Å². The summed E-state index contributed by atoms with van der Waals surface area (Å²) >= 11 is 0. The van der Waals surface area contributed by atoms with E-state index >= 15 is 0 Å². The quantitative estimate of drug-likeness (QED) is 0.795. The zero-order valence-corrected chi connectivity index (χ0v) is 14.2. The summed E-state index contributed by atoms with van der Waals surface area (Å²) in [4.78, 5) is 6.71. The lowest BCUT2D eigenvalue weighted by Gasteiger charge is -2.33. The fourth-order valence-electron chi connectivity index (χ4n) is 3.09. The minimum absolute atomic E-state index is 0.381. The van der Waals surface area contributed by atoms with Crippen molar-refractivity contribution in [1.29, 1.82) is 0 Å². The molecule has 124 valence electrons. The van der Waals surface area contributed by atoms with E-state index in [0.29, 0.717) is 18.4 Å². The molecule has 1 aliphatic heterocycles. The maximum atomic E-state index is 11.5. The van der Waals surface area contributed by atoms with E-state index in [1.165, 1.54) is 23.4 Å². The minimum atomic E-state index is -3.09. The average molecular weight is 327 g/mol. The van der Waals surface area contributed by atoms with Crippen LogP contribution in [0.1, 0.15) is 43.3 Å². The number of sulfonamides is 1. The molecule has 6 nitrogen and oxygen atoms in total. The van der Waals surface area contributed by atoms with Crippen molar-refractivity contribution in [1.82, 2.24) is 14.2 Å². The van der Waals surface area contributed by atoms with Crippen LogP contribution in [0.5, 0.6) is 0 Å². The van der Waals surface area contributed by atoms with Crippen molar-refractivity contribution in [2.45, 2.75) is 38.1 Å². The third kappa shape index (κ3) is 4.08. The maximum absolute atomic E-state index is 11.5. The SMILES string of the molecule is CN(CC1CCCN(Cc2ncc(C3CC3)o2)C1)S(C)(=O)=O. The van der Waals surface area contributed by atoms with Gasteiger partial charge in [0.15, 0.2) is 0 Å². The number of nitrogens with zero attached hydrogens (tertiary/aromatic N) is 3. The molecule has 1 unspecified atom stereocenters. The van der Waals surface area contributed by atoms with Gasteiger partial charge in [-0.1, -0.05) is 0 Å². The number of hydrogen-bond acceptors (Lipinski definition) is 5. The Morgan fingerprint density at radius 2 is 2.18 bits per heavy atom. The van der Waals surface area contributed by atoms with Crippen molar-refractivity contribution in [2.24, 2.45) is 5.92 Å². The first-order valence-electron chi connectivity index (χ1n) is 8.00. The van der Waals surface area contributed by atoms with Crippen LogP contribution in [0.15, 0.2) is 10.6 Å². The van der Waals surface area contributed by atoms with Gasteiger partial charge in [0.1, 0.15) is 5.76 Å². The molecule has 1 aromatic rings. The van der Waals surface area contributed by atoms with E-state index in [2.05, 4.69) is 9.88 Å². The Labute approximate surface area is 132 Å². The Bertz CT molecular complexity index is 609. The number of aromatic nitrogens is 1. The second-order valence-corrected chi connectivity index (χ2v) is 8.81. The van der Waals surface area contributed by atoms with Gasteiger partial charge in [0.05, 0.1) is 19.0 Å². The highest BCUT2D eigenvalue weighted by atomic mass is 32.2. The lowest BCUT2D eigenvalue weighted by Crippen LogP contribution is -2.41. The van der Waals surface area contributed by atoms with Crippen molar-refractivity contribution in [3.8, 4) is 0 Å². The largest absolute Gasteiger partial charge is 0.444 e. The number of rotatable bonds is 6. The van der Waals surface area contributed by atoms with E-state index in [1.54, 1.807) is 7.05 Å². The zero-order chi connectivity index (χ0) is 15.7. The highest BCUT2D eigenvalue weighted by molar-refractivity contribution is 7.88. The Morgan fingerprint density at radius 1 is 1.41 bits per heavy atom. The molecular weight excluding hydrogens is 302 g/mol. The van der Waals surface area contributed by atoms with Gasteiger partial charge >= 0.3 is 0 Å². The summed E-state index contributed by atoms with van der Waals surface area (Å²) in [5.41, 5.74) is 0. The van der Waals surface area contributed by atoms with Crippen LogP contribution in [0.4, 0.5) is 0 Å². The van der Waals surface area contributed by atoms with Crippen molar-refractivity contribution in [3.05, 3.63) is 17.8 Å². The summed E-state index contributed by atoms with van der Waals surface area (Å²) < 4.78 is 30.4. The van der Waals surface area contributed by atoms with Crippen molar-refractivity contribution >= 4 is 10.0 Å². The first kappa shape index (κ1) is 16.0. The summed E-state index contributed by atoms with van der Waals surface area (Å²) in [7, 11) is -1.44. The van der Waals surface area contributed by atoms with E-state index in [9.17, 15) is 8.42 Å². The normalized spacial score (nSPS) is 24.0. The molecule has 1 aliphatic carbocycles. The molecular formula is C15H25N3O3S. The molecule has 2 aliphatic rings. The Morgan fingerprint density at radius 3 is 2.86 bits per heavy atom. The third-order valence-corrected chi connectivity index (χ3v) is 5.88. The minimum Gasteiger partial charge on any atom is -0.444 e. The molecule has 0 N–H and O–H groups in total. The van der Waals surface area contributed by atoms with Gasteiger partial charge in [-0.05, 0) is 38.1 Å². The third-order valence-electron chi connectivity index (χ3n) is 4.59. The van der Waals surface area contributed by atoms with Crippen molar-refractivity contribution in [3.63, 3.8) is 0 Å². The van der Waals surface area contributed by atoms with Crippen LogP contribution < -0.4 is 0 Å². The topological polar surface area (TPSA) is 66.7 Å². The molecule has 0 aromatic carbocycles. The van der Waals surface area contributed by atoms with Gasteiger partial charge in [-0.15, -0.1) is 0 Å². The number of likely N-dealkylation sites (tertiary alicyclic amines) is 1. The molecule has 7 heteroatoms. The molecule has 2 heterocycles. The maximum Gasteiger partial charge on any atom is 0.210 e. The first-order chi connectivity index (χ1) is 10.4. The lowest BCUT2D eigenvalue weighted by molar-refractivity contribution is 0.143. The highest BCUT2D eigenvalue weighted by Gasteiger charge is 2.28. The van der Waals surface area contributed by atoms with Crippen LogP contribution in [0.25, 0.3) is 0 Å². The molecule has 1 saturated heterocycles. The van der Waals surface area contributed by atoms with Crippen LogP contribution >= 0.6 is 0 Å². The summed E-state index contributed by atoms with van der Waals surface area (Å²) in [6, 6.07) is 0. The summed E-state index contributed by atoms with van der Waals surface area (Å²) in [5, 5.41) is 0. The molecule has 1 aromatic heterocycles. The second-order valence-electron chi connectivity index (χ2n) is 6.72. The predicted molar refractivity (Wildman–Crippen MR) is 84.0 cm³/mol. The molecule has 1 saturated carbocycles. The fourth-order valence-corrected chi connectivity index (χ4v) is 3.57. The smallest absolute Gasteiger partial charge is 0.210 e. The molecule has 22 heavy (non-hydrogen) atoms. The van der Waals surface area contributed by atoms with E-state index in [-0.39, 0.29) is 0 Å². The van der Waals surface area contributed by atoms with Gasteiger partial charge in [0.25, 0.3) is 0 Å². The van der Waals surface area contributed by atoms with Crippen LogP contribution in [-0.2, 0) is 16.6 Å². The number of piperidine rings is 1. The summed E-state index contributed by atoms with van der Waals surface area (Å²) in [6.07, 6.45) is 7.75. The summed E-state index contributed by atoms with van der Waals surface area (Å²) in [6.45, 7) is 3.25. The van der Waals surface area contributed by atoms with Gasteiger partial charge in [-0.25, -0.2) is 17.7 Å². The van der Waals surface area contributed by atoms with Crippen molar-refractivity contribution in [2.75, 3.05) is 32.9 Å². The van der Waals surface area contributed by atoms with E-state index < -0.39 is 10.0 Å². The zero-order valence-electron chi connectivity index (χ0n) is 13.4. The van der Waals surface area contributed by atoms with Gasteiger partial charge in [-0.3, -0.25) is 4.90 Å². The number of oxazole rings is 1. The molecule has 3 rings (SSSR count). The molecule has 1 atom stereocenters. The fraction of sp³-hybridized carbons (Fsp3) is 0.800.